The summed E-state index contributed by atoms with van der Waals surface area (Å²) in [5, 5.41) is 13.9. The highest BCUT2D eigenvalue weighted by molar-refractivity contribution is 7.99. The van der Waals surface area contributed by atoms with Gasteiger partial charge < -0.3 is 15.7 Å². The molecule has 0 heterocycles. The first-order chi connectivity index (χ1) is 11.0. The summed E-state index contributed by atoms with van der Waals surface area (Å²) in [6, 6.07) is 7.57. The van der Waals surface area contributed by atoms with E-state index in [1.807, 2.05) is 31.2 Å². The molecule has 0 atom stereocenters. The Morgan fingerprint density at radius 2 is 1.96 bits per heavy atom. The molecule has 3 N–H and O–H groups in total. The molecule has 0 saturated carbocycles. The Hall–Kier alpha value is -2.02. The number of hydrogen-bond donors (Lipinski definition) is 3. The van der Waals surface area contributed by atoms with Crippen molar-refractivity contribution in [1.29, 1.82) is 0 Å². The Kier molecular flexibility index (Phi) is 8.82. The minimum Gasteiger partial charge on any atom is -0.481 e. The van der Waals surface area contributed by atoms with Crippen molar-refractivity contribution in [3.8, 4) is 0 Å². The number of hydrogen-bond acceptors (Lipinski definition) is 4. The third-order valence-corrected chi connectivity index (χ3v) is 3.86. The molecule has 0 radical (unpaired) electrons. The molecule has 0 unspecified atom stereocenters. The molecular formula is C16H22N2O4S. The summed E-state index contributed by atoms with van der Waals surface area (Å²) in [6.45, 7) is 2.32. The van der Waals surface area contributed by atoms with E-state index in [0.29, 0.717) is 30.9 Å². The van der Waals surface area contributed by atoms with Crippen LogP contribution in [0.15, 0.2) is 24.3 Å². The van der Waals surface area contributed by atoms with E-state index in [4.69, 9.17) is 5.11 Å². The second-order valence-corrected chi connectivity index (χ2v) is 6.17. The molecule has 1 aromatic rings. The highest BCUT2D eigenvalue weighted by Crippen LogP contribution is 2.10. The zero-order valence-corrected chi connectivity index (χ0v) is 13.9. The van der Waals surface area contributed by atoms with Crippen molar-refractivity contribution >= 4 is 35.2 Å². The number of benzene rings is 1. The number of carboxylic acid groups (broad SMARTS) is 1. The number of thioether (sulfide) groups is 1. The third-order valence-electron chi connectivity index (χ3n) is 2.90. The molecule has 1 rings (SSSR count). The van der Waals surface area contributed by atoms with Crippen LogP contribution in [0.2, 0.25) is 0 Å². The van der Waals surface area contributed by atoms with Crippen molar-refractivity contribution in [2.24, 2.45) is 0 Å². The average Bonchev–Trinajstić information content (AvgIpc) is 2.48. The molecule has 1 aromatic carbocycles. The van der Waals surface area contributed by atoms with E-state index in [-0.39, 0.29) is 18.2 Å². The molecule has 0 aliphatic carbocycles. The Bertz CT molecular complexity index is 549. The van der Waals surface area contributed by atoms with Gasteiger partial charge >= 0.3 is 5.97 Å². The Morgan fingerprint density at radius 1 is 1.17 bits per heavy atom. The molecule has 0 aliphatic heterocycles. The van der Waals surface area contributed by atoms with Crippen LogP contribution in [-0.2, 0) is 14.4 Å². The predicted octanol–water partition coefficient (Wildman–Crippen LogP) is 2.04. The van der Waals surface area contributed by atoms with Crippen molar-refractivity contribution < 1.29 is 19.5 Å². The zero-order chi connectivity index (χ0) is 17.1. The highest BCUT2D eigenvalue weighted by Gasteiger charge is 2.05. The number of nitrogens with one attached hydrogen (secondary N) is 2. The van der Waals surface area contributed by atoms with Crippen LogP contribution in [0.5, 0.6) is 0 Å². The lowest BCUT2D eigenvalue weighted by Crippen LogP contribution is -2.25. The summed E-state index contributed by atoms with van der Waals surface area (Å²) in [7, 11) is 0. The van der Waals surface area contributed by atoms with Crippen LogP contribution in [0.3, 0.4) is 0 Å². The summed E-state index contributed by atoms with van der Waals surface area (Å²) in [5.74, 6) is -0.245. The van der Waals surface area contributed by atoms with Gasteiger partial charge in [0.1, 0.15) is 0 Å². The van der Waals surface area contributed by atoms with E-state index in [0.717, 1.165) is 11.3 Å². The van der Waals surface area contributed by atoms with Gasteiger partial charge in [0.05, 0.1) is 5.75 Å². The molecule has 0 spiro atoms. The van der Waals surface area contributed by atoms with Crippen molar-refractivity contribution in [2.45, 2.75) is 26.2 Å². The molecule has 0 saturated heterocycles. The summed E-state index contributed by atoms with van der Waals surface area (Å²) in [6.07, 6.45) is 0.788. The van der Waals surface area contributed by atoms with E-state index in [2.05, 4.69) is 10.6 Å². The van der Waals surface area contributed by atoms with Gasteiger partial charge in [0, 0.05) is 30.8 Å². The molecule has 0 fully saturated rings. The van der Waals surface area contributed by atoms with Crippen molar-refractivity contribution in [3.05, 3.63) is 29.8 Å². The van der Waals surface area contributed by atoms with Crippen LogP contribution >= 0.6 is 11.8 Å². The van der Waals surface area contributed by atoms with E-state index in [9.17, 15) is 14.4 Å². The molecule has 7 heteroatoms. The minimum absolute atomic E-state index is 0.0498. The van der Waals surface area contributed by atoms with Crippen LogP contribution in [0.1, 0.15) is 24.8 Å². The standard InChI is InChI=1S/C16H22N2O4S/c1-12-4-2-5-13(10-12)18-15(20)11-23-9-7-14(19)17-8-3-6-16(21)22/h2,4-5,10H,3,6-9,11H2,1H3,(H,17,19)(H,18,20)(H,21,22). The lowest BCUT2D eigenvalue weighted by atomic mass is 10.2. The van der Waals surface area contributed by atoms with E-state index in [1.165, 1.54) is 11.8 Å². The van der Waals surface area contributed by atoms with Gasteiger partial charge in [-0.05, 0) is 31.0 Å². The second kappa shape index (κ2) is 10.7. The van der Waals surface area contributed by atoms with Crippen LogP contribution in [0.25, 0.3) is 0 Å². The predicted molar refractivity (Wildman–Crippen MR) is 91.6 cm³/mol. The minimum atomic E-state index is -0.866. The Balaban J connectivity index is 2.08. The summed E-state index contributed by atoms with van der Waals surface area (Å²) in [5.41, 5.74) is 1.85. The number of anilines is 1. The fourth-order valence-electron chi connectivity index (χ4n) is 1.81. The SMILES string of the molecule is Cc1cccc(NC(=O)CSCCC(=O)NCCCC(=O)O)c1. The maximum atomic E-state index is 11.8. The van der Waals surface area contributed by atoms with E-state index in [1.54, 1.807) is 0 Å². The number of rotatable bonds is 10. The van der Waals surface area contributed by atoms with Crippen molar-refractivity contribution in [1.82, 2.24) is 5.32 Å². The number of carbonyl (C=O) groups is 3. The largest absolute Gasteiger partial charge is 0.481 e. The fourth-order valence-corrected chi connectivity index (χ4v) is 2.54. The van der Waals surface area contributed by atoms with Gasteiger partial charge in [-0.25, -0.2) is 0 Å². The van der Waals surface area contributed by atoms with Gasteiger partial charge in [-0.15, -0.1) is 0 Å². The molecule has 6 nitrogen and oxygen atoms in total. The molecule has 126 valence electrons. The first-order valence-electron chi connectivity index (χ1n) is 7.40. The van der Waals surface area contributed by atoms with Crippen LogP contribution < -0.4 is 10.6 Å². The molecule has 0 aliphatic rings. The average molecular weight is 338 g/mol. The first-order valence-corrected chi connectivity index (χ1v) is 8.55. The molecule has 0 bridgehead atoms. The third kappa shape index (κ3) is 9.57. The summed E-state index contributed by atoms with van der Waals surface area (Å²) < 4.78 is 0. The topological polar surface area (TPSA) is 95.5 Å². The lowest BCUT2D eigenvalue weighted by molar-refractivity contribution is -0.137. The van der Waals surface area contributed by atoms with Gasteiger partial charge in [-0.3, -0.25) is 14.4 Å². The van der Waals surface area contributed by atoms with Gasteiger partial charge in [-0.2, -0.15) is 11.8 Å². The van der Waals surface area contributed by atoms with Crippen molar-refractivity contribution in [3.63, 3.8) is 0 Å². The monoisotopic (exact) mass is 338 g/mol. The fraction of sp³-hybridized carbons (Fsp3) is 0.438. The Morgan fingerprint density at radius 3 is 2.65 bits per heavy atom. The van der Waals surface area contributed by atoms with Crippen LogP contribution in [-0.4, -0.2) is 40.9 Å². The quantitative estimate of drug-likeness (QED) is 0.567. The second-order valence-electron chi connectivity index (χ2n) is 5.07. The van der Waals surface area contributed by atoms with Crippen LogP contribution in [0, 0.1) is 6.92 Å². The molecular weight excluding hydrogens is 316 g/mol. The van der Waals surface area contributed by atoms with E-state index < -0.39 is 5.97 Å². The molecule has 23 heavy (non-hydrogen) atoms. The summed E-state index contributed by atoms with van der Waals surface area (Å²) in [4.78, 5) is 33.6. The molecule has 0 aromatic heterocycles. The van der Waals surface area contributed by atoms with Gasteiger partial charge in [-0.1, -0.05) is 12.1 Å². The first kappa shape index (κ1) is 19.0. The summed E-state index contributed by atoms with van der Waals surface area (Å²) >= 11 is 1.39. The highest BCUT2D eigenvalue weighted by atomic mass is 32.2. The molecule has 2 amide bonds. The van der Waals surface area contributed by atoms with Crippen molar-refractivity contribution in [2.75, 3.05) is 23.4 Å². The number of amides is 2. The number of carboxylic acids is 1. The maximum Gasteiger partial charge on any atom is 0.303 e. The van der Waals surface area contributed by atoms with Crippen LogP contribution in [0.4, 0.5) is 5.69 Å². The van der Waals surface area contributed by atoms with E-state index >= 15 is 0 Å². The van der Waals surface area contributed by atoms with Gasteiger partial charge in [0.15, 0.2) is 0 Å². The lowest BCUT2D eigenvalue weighted by Gasteiger charge is -2.06. The van der Waals surface area contributed by atoms with Gasteiger partial charge in [0.25, 0.3) is 0 Å². The zero-order valence-electron chi connectivity index (χ0n) is 13.1. The smallest absolute Gasteiger partial charge is 0.303 e. The number of aliphatic carboxylic acids is 1. The number of carbonyl (C=O) groups excluding carboxylic acids is 2. The number of aryl methyl sites for hydroxylation is 1. The van der Waals surface area contributed by atoms with Gasteiger partial charge in [0.2, 0.25) is 11.8 Å². The Labute approximate surface area is 140 Å². The maximum absolute atomic E-state index is 11.8. The normalized spacial score (nSPS) is 10.1.